The van der Waals surface area contributed by atoms with Crippen molar-refractivity contribution < 1.29 is 24.5 Å². The molecule has 0 unspecified atom stereocenters. The van der Waals surface area contributed by atoms with Crippen LogP contribution >= 0.6 is 0 Å². The van der Waals surface area contributed by atoms with E-state index in [2.05, 4.69) is 4.98 Å². The maximum atomic E-state index is 13.2. The van der Waals surface area contributed by atoms with Crippen molar-refractivity contribution in [1.29, 1.82) is 0 Å². The predicted octanol–water partition coefficient (Wildman–Crippen LogP) is 5.30. The van der Waals surface area contributed by atoms with Crippen LogP contribution in [0.2, 0.25) is 0 Å². The summed E-state index contributed by atoms with van der Waals surface area (Å²) in [5, 5.41) is 21.4. The number of Topliss-reactive ketones (excluding diaryl/α,β-unsaturated/α-hetero) is 1. The van der Waals surface area contributed by atoms with Crippen molar-refractivity contribution in [2.45, 2.75) is 26.1 Å². The fourth-order valence-electron chi connectivity index (χ4n) is 4.61. The quantitative estimate of drug-likeness (QED) is 0.201. The molecule has 4 aromatic rings. The number of ether oxygens (including phenoxy) is 1. The van der Waals surface area contributed by atoms with Gasteiger partial charge in [-0.1, -0.05) is 48.0 Å². The number of phenolic OH excluding ortho intramolecular Hbond substituents is 1. The average molecular weight is 507 g/mol. The molecule has 1 aromatic heterocycles. The highest BCUT2D eigenvalue weighted by molar-refractivity contribution is 6.46. The molecule has 1 aliphatic rings. The van der Waals surface area contributed by atoms with Gasteiger partial charge in [0.15, 0.2) is 0 Å². The number of ketones is 1. The van der Waals surface area contributed by atoms with Gasteiger partial charge in [-0.25, -0.2) is 0 Å². The summed E-state index contributed by atoms with van der Waals surface area (Å²) in [4.78, 5) is 31.9. The molecule has 1 amide bonds. The molecule has 7 heteroatoms. The Bertz CT molecular complexity index is 1510. The molecule has 1 atom stereocenters. The van der Waals surface area contributed by atoms with E-state index in [0.29, 0.717) is 23.5 Å². The third-order valence-corrected chi connectivity index (χ3v) is 6.42. The largest absolute Gasteiger partial charge is 0.508 e. The number of nitrogens with zero attached hydrogens (tertiary/aromatic N) is 2. The molecule has 1 fully saturated rings. The topological polar surface area (TPSA) is 100.0 Å². The molecule has 5 rings (SSSR count). The fraction of sp³-hybridized carbons (Fsp3) is 0.129. The van der Waals surface area contributed by atoms with E-state index >= 15 is 0 Å². The Kier molecular flexibility index (Phi) is 6.91. The number of aromatic hydroxyl groups is 1. The zero-order valence-electron chi connectivity index (χ0n) is 20.7. The third-order valence-electron chi connectivity index (χ3n) is 6.42. The zero-order chi connectivity index (χ0) is 26.6. The van der Waals surface area contributed by atoms with Gasteiger partial charge < -0.3 is 19.8 Å². The van der Waals surface area contributed by atoms with Crippen molar-refractivity contribution >= 4 is 17.4 Å². The lowest BCUT2D eigenvalue weighted by molar-refractivity contribution is -0.140. The van der Waals surface area contributed by atoms with Gasteiger partial charge in [0.1, 0.15) is 23.9 Å². The van der Waals surface area contributed by atoms with Crippen LogP contribution in [0.3, 0.4) is 0 Å². The van der Waals surface area contributed by atoms with E-state index in [-0.39, 0.29) is 23.6 Å². The number of phenols is 1. The number of benzene rings is 3. The van der Waals surface area contributed by atoms with Crippen molar-refractivity contribution in [3.05, 3.63) is 131 Å². The predicted molar refractivity (Wildman–Crippen MR) is 142 cm³/mol. The van der Waals surface area contributed by atoms with Crippen molar-refractivity contribution in [3.8, 4) is 11.5 Å². The summed E-state index contributed by atoms with van der Waals surface area (Å²) in [7, 11) is 0. The molecule has 2 N–H and O–H groups in total. The molecule has 1 saturated heterocycles. The molecule has 0 radical (unpaired) electrons. The van der Waals surface area contributed by atoms with Gasteiger partial charge in [0.2, 0.25) is 0 Å². The molecule has 1 aliphatic heterocycles. The maximum absolute atomic E-state index is 13.2. The summed E-state index contributed by atoms with van der Waals surface area (Å²) in [6.07, 6.45) is 3.24. The van der Waals surface area contributed by atoms with Crippen LogP contribution in [-0.2, 0) is 22.7 Å². The monoisotopic (exact) mass is 506 g/mol. The number of aromatic nitrogens is 1. The van der Waals surface area contributed by atoms with Gasteiger partial charge in [-0.05, 0) is 66.1 Å². The lowest BCUT2D eigenvalue weighted by Crippen LogP contribution is -2.29. The number of aliphatic hydroxyl groups excluding tert-OH is 1. The molecule has 0 aliphatic carbocycles. The number of aliphatic hydroxyl groups is 1. The van der Waals surface area contributed by atoms with Crippen LogP contribution in [-0.4, -0.2) is 31.8 Å². The van der Waals surface area contributed by atoms with Gasteiger partial charge >= 0.3 is 0 Å². The summed E-state index contributed by atoms with van der Waals surface area (Å²) in [6.45, 7) is 2.52. The van der Waals surface area contributed by atoms with Gasteiger partial charge in [0.25, 0.3) is 11.7 Å². The lowest BCUT2D eigenvalue weighted by Gasteiger charge is -2.25. The summed E-state index contributed by atoms with van der Waals surface area (Å²) in [5.74, 6) is -1.23. The Morgan fingerprint density at radius 1 is 0.947 bits per heavy atom. The maximum Gasteiger partial charge on any atom is 0.295 e. The van der Waals surface area contributed by atoms with Crippen LogP contribution in [0, 0.1) is 6.92 Å². The number of hydrogen-bond acceptors (Lipinski definition) is 6. The Morgan fingerprint density at radius 2 is 1.71 bits per heavy atom. The van der Waals surface area contributed by atoms with Crippen LogP contribution in [0.5, 0.6) is 11.5 Å². The summed E-state index contributed by atoms with van der Waals surface area (Å²) in [5.41, 5.74) is 3.75. The van der Waals surface area contributed by atoms with Crippen LogP contribution in [0.1, 0.15) is 33.9 Å². The SMILES string of the molecule is Cc1cccc(COc2ccc(C(O)=C3C(=O)C(=O)N(Cc4cccnc4)[C@H]3c3cccc(O)c3)cc2)c1. The normalized spacial score (nSPS) is 16.6. The Hall–Kier alpha value is -4.91. The molecule has 38 heavy (non-hydrogen) atoms. The zero-order valence-corrected chi connectivity index (χ0v) is 20.7. The van der Waals surface area contributed by atoms with E-state index in [0.717, 1.165) is 16.7 Å². The molecule has 0 bridgehead atoms. The standard InChI is InChI=1S/C31H26N2O5/c1-20-5-2-6-21(15-20)19-38-26-12-10-23(11-13-26)29(35)27-28(24-8-3-9-25(34)16-24)33(31(37)30(27)36)18-22-7-4-14-32-17-22/h2-17,28,34-35H,18-19H2,1H3/t28-/m0/s1. The summed E-state index contributed by atoms with van der Waals surface area (Å²) < 4.78 is 5.87. The van der Waals surface area contributed by atoms with Gasteiger partial charge in [-0.15, -0.1) is 0 Å². The number of likely N-dealkylation sites (tertiary alicyclic amines) is 1. The minimum atomic E-state index is -0.889. The number of rotatable bonds is 7. The first-order chi connectivity index (χ1) is 18.4. The molecule has 2 heterocycles. The minimum Gasteiger partial charge on any atom is -0.508 e. The van der Waals surface area contributed by atoms with Crippen molar-refractivity contribution in [2.75, 3.05) is 0 Å². The van der Waals surface area contributed by atoms with Crippen LogP contribution < -0.4 is 4.74 Å². The third kappa shape index (κ3) is 5.13. The summed E-state index contributed by atoms with van der Waals surface area (Å²) >= 11 is 0. The minimum absolute atomic E-state index is 0.00965. The van der Waals surface area contributed by atoms with E-state index in [9.17, 15) is 19.8 Å². The molecule has 0 saturated carbocycles. The number of carbonyl (C=O) groups is 2. The lowest BCUT2D eigenvalue weighted by atomic mass is 9.95. The van der Waals surface area contributed by atoms with E-state index in [1.165, 1.54) is 17.0 Å². The van der Waals surface area contributed by atoms with E-state index in [1.807, 2.05) is 31.2 Å². The van der Waals surface area contributed by atoms with Crippen molar-refractivity contribution in [1.82, 2.24) is 9.88 Å². The molecule has 3 aromatic carbocycles. The number of hydrogen-bond donors (Lipinski definition) is 2. The number of aryl methyl sites for hydroxylation is 1. The van der Waals surface area contributed by atoms with Crippen LogP contribution in [0.15, 0.2) is 103 Å². The second kappa shape index (κ2) is 10.6. The highest BCUT2D eigenvalue weighted by Crippen LogP contribution is 2.41. The van der Waals surface area contributed by atoms with E-state index < -0.39 is 17.7 Å². The first-order valence-electron chi connectivity index (χ1n) is 12.2. The van der Waals surface area contributed by atoms with E-state index in [1.54, 1.807) is 60.9 Å². The second-order valence-electron chi connectivity index (χ2n) is 9.19. The van der Waals surface area contributed by atoms with Crippen molar-refractivity contribution in [2.24, 2.45) is 0 Å². The Labute approximate surface area is 220 Å². The Balaban J connectivity index is 1.47. The van der Waals surface area contributed by atoms with Crippen LogP contribution in [0.25, 0.3) is 5.76 Å². The highest BCUT2D eigenvalue weighted by atomic mass is 16.5. The second-order valence-corrected chi connectivity index (χ2v) is 9.19. The molecule has 0 spiro atoms. The average Bonchev–Trinajstić information content (AvgIpc) is 3.17. The smallest absolute Gasteiger partial charge is 0.295 e. The first-order valence-corrected chi connectivity index (χ1v) is 12.2. The van der Waals surface area contributed by atoms with Gasteiger partial charge in [-0.3, -0.25) is 14.6 Å². The molecular formula is C31H26N2O5. The van der Waals surface area contributed by atoms with Gasteiger partial charge in [-0.2, -0.15) is 0 Å². The van der Waals surface area contributed by atoms with Crippen LogP contribution in [0.4, 0.5) is 0 Å². The molecule has 7 nitrogen and oxygen atoms in total. The van der Waals surface area contributed by atoms with Crippen molar-refractivity contribution in [3.63, 3.8) is 0 Å². The Morgan fingerprint density at radius 3 is 2.42 bits per heavy atom. The number of carbonyl (C=O) groups excluding carboxylic acids is 2. The highest BCUT2D eigenvalue weighted by Gasteiger charge is 2.46. The van der Waals surface area contributed by atoms with E-state index in [4.69, 9.17) is 4.74 Å². The summed E-state index contributed by atoms with van der Waals surface area (Å²) in [6, 6.07) is 23.7. The fourth-order valence-corrected chi connectivity index (χ4v) is 4.61. The van der Waals surface area contributed by atoms with Gasteiger partial charge in [0, 0.05) is 24.5 Å². The number of amides is 1. The molecule has 190 valence electrons. The first kappa shape index (κ1) is 24.8. The van der Waals surface area contributed by atoms with Gasteiger partial charge in [0.05, 0.1) is 11.6 Å². The molecular weight excluding hydrogens is 480 g/mol. The number of pyridine rings is 1.